The summed E-state index contributed by atoms with van der Waals surface area (Å²) in [4.78, 5) is 12.3. The van der Waals surface area contributed by atoms with Gasteiger partial charge in [-0.2, -0.15) is 0 Å². The maximum atomic E-state index is 12.3. The van der Waals surface area contributed by atoms with Crippen LogP contribution in [0.4, 0.5) is 5.69 Å². The fraction of sp³-hybridized carbons (Fsp3) is 0.125. The zero-order chi connectivity index (χ0) is 20.5. The van der Waals surface area contributed by atoms with Crippen molar-refractivity contribution in [3.8, 4) is 17.2 Å². The molecule has 0 aliphatic carbocycles. The van der Waals surface area contributed by atoms with Crippen LogP contribution in [0.1, 0.15) is 11.1 Å². The molecular weight excluding hydrogens is 366 g/mol. The van der Waals surface area contributed by atoms with Crippen molar-refractivity contribution in [2.45, 2.75) is 6.61 Å². The van der Waals surface area contributed by atoms with Crippen molar-refractivity contribution >= 4 is 17.7 Å². The lowest BCUT2D eigenvalue weighted by molar-refractivity contribution is -0.111. The summed E-state index contributed by atoms with van der Waals surface area (Å²) < 4.78 is 16.4. The Morgan fingerprint density at radius 3 is 2.14 bits per heavy atom. The first-order chi connectivity index (χ1) is 14.2. The highest BCUT2D eigenvalue weighted by atomic mass is 16.5. The van der Waals surface area contributed by atoms with E-state index in [1.54, 1.807) is 32.4 Å². The second-order valence-electron chi connectivity index (χ2n) is 6.20. The molecule has 0 heterocycles. The van der Waals surface area contributed by atoms with E-state index < -0.39 is 0 Å². The van der Waals surface area contributed by atoms with Crippen molar-refractivity contribution in [1.82, 2.24) is 0 Å². The summed E-state index contributed by atoms with van der Waals surface area (Å²) in [6.45, 7) is 0.496. The van der Waals surface area contributed by atoms with Crippen LogP contribution in [-0.4, -0.2) is 20.1 Å². The van der Waals surface area contributed by atoms with E-state index in [1.807, 2.05) is 60.7 Å². The highest BCUT2D eigenvalue weighted by Gasteiger charge is 2.07. The van der Waals surface area contributed by atoms with E-state index in [4.69, 9.17) is 14.2 Å². The molecule has 0 unspecified atom stereocenters. The Kier molecular flexibility index (Phi) is 6.90. The van der Waals surface area contributed by atoms with Gasteiger partial charge in [-0.25, -0.2) is 0 Å². The van der Waals surface area contributed by atoms with E-state index in [-0.39, 0.29) is 5.91 Å². The molecular formula is C24H23NO4. The van der Waals surface area contributed by atoms with Crippen LogP contribution in [0.2, 0.25) is 0 Å². The molecule has 0 bridgehead atoms. The molecule has 0 spiro atoms. The van der Waals surface area contributed by atoms with E-state index in [1.165, 1.54) is 6.08 Å². The number of carbonyl (C=O) groups is 1. The predicted octanol–water partition coefficient (Wildman–Crippen LogP) is 4.93. The molecule has 0 radical (unpaired) electrons. The number of hydrogen-bond acceptors (Lipinski definition) is 4. The first-order valence-electron chi connectivity index (χ1n) is 9.16. The molecule has 0 fully saturated rings. The van der Waals surface area contributed by atoms with Gasteiger partial charge in [0.1, 0.15) is 23.9 Å². The molecule has 1 N–H and O–H groups in total. The maximum absolute atomic E-state index is 12.3. The maximum Gasteiger partial charge on any atom is 0.248 e. The van der Waals surface area contributed by atoms with Crippen LogP contribution >= 0.6 is 0 Å². The molecule has 5 heteroatoms. The number of methoxy groups -OCH3 is 2. The summed E-state index contributed by atoms with van der Waals surface area (Å²) in [5.74, 6) is 1.75. The smallest absolute Gasteiger partial charge is 0.248 e. The Labute approximate surface area is 170 Å². The lowest BCUT2D eigenvalue weighted by Crippen LogP contribution is -2.07. The molecule has 0 atom stereocenters. The van der Waals surface area contributed by atoms with Crippen LogP contribution in [0, 0.1) is 0 Å². The third kappa shape index (κ3) is 5.62. The number of benzene rings is 3. The van der Waals surface area contributed by atoms with Gasteiger partial charge >= 0.3 is 0 Å². The monoisotopic (exact) mass is 389 g/mol. The van der Waals surface area contributed by atoms with E-state index in [0.717, 1.165) is 11.3 Å². The first kappa shape index (κ1) is 20.0. The second kappa shape index (κ2) is 9.99. The van der Waals surface area contributed by atoms with Crippen molar-refractivity contribution in [2.75, 3.05) is 19.5 Å². The van der Waals surface area contributed by atoms with E-state index >= 15 is 0 Å². The van der Waals surface area contributed by atoms with Crippen molar-refractivity contribution < 1.29 is 19.0 Å². The number of ether oxygens (including phenoxy) is 3. The fourth-order valence-corrected chi connectivity index (χ4v) is 2.76. The van der Waals surface area contributed by atoms with Gasteiger partial charge in [-0.05, 0) is 48.0 Å². The largest absolute Gasteiger partial charge is 0.496 e. The minimum absolute atomic E-state index is 0.254. The number of carbonyl (C=O) groups excluding carboxylic acids is 1. The van der Waals surface area contributed by atoms with Crippen molar-refractivity contribution in [1.29, 1.82) is 0 Å². The minimum Gasteiger partial charge on any atom is -0.496 e. The van der Waals surface area contributed by atoms with Crippen LogP contribution in [0.5, 0.6) is 17.2 Å². The standard InChI is InChI=1S/C24H23NO4/c1-27-22-9-6-10-23(28-2)21(22)15-16-24(26)25-19-11-13-20(14-12-19)29-17-18-7-4-3-5-8-18/h3-16H,17H2,1-2H3,(H,25,26)/b16-15+. The quantitative estimate of drug-likeness (QED) is 0.555. The Bertz CT molecular complexity index is 944. The molecule has 0 aliphatic rings. The molecule has 29 heavy (non-hydrogen) atoms. The van der Waals surface area contributed by atoms with Crippen LogP contribution in [0.25, 0.3) is 6.08 Å². The van der Waals surface area contributed by atoms with Gasteiger partial charge < -0.3 is 19.5 Å². The minimum atomic E-state index is -0.254. The van der Waals surface area contributed by atoms with Gasteiger partial charge in [0.05, 0.1) is 19.8 Å². The first-order valence-corrected chi connectivity index (χ1v) is 9.16. The van der Waals surface area contributed by atoms with Gasteiger partial charge in [-0.3, -0.25) is 4.79 Å². The molecule has 0 aliphatic heterocycles. The van der Waals surface area contributed by atoms with Gasteiger partial charge in [-0.15, -0.1) is 0 Å². The van der Waals surface area contributed by atoms with Gasteiger partial charge in [0.15, 0.2) is 0 Å². The van der Waals surface area contributed by atoms with Crippen molar-refractivity contribution in [3.05, 3.63) is 90.0 Å². The van der Waals surface area contributed by atoms with Crippen LogP contribution in [0.15, 0.2) is 78.9 Å². The van der Waals surface area contributed by atoms with Gasteiger partial charge in [0.2, 0.25) is 5.91 Å². The number of hydrogen-bond donors (Lipinski definition) is 1. The van der Waals surface area contributed by atoms with Gasteiger partial charge in [0.25, 0.3) is 0 Å². The van der Waals surface area contributed by atoms with Crippen molar-refractivity contribution in [3.63, 3.8) is 0 Å². The molecule has 148 valence electrons. The zero-order valence-corrected chi connectivity index (χ0v) is 16.4. The van der Waals surface area contributed by atoms with Crippen LogP contribution in [-0.2, 0) is 11.4 Å². The lowest BCUT2D eigenvalue weighted by Gasteiger charge is -2.10. The van der Waals surface area contributed by atoms with Crippen LogP contribution in [0.3, 0.4) is 0 Å². The highest BCUT2D eigenvalue weighted by molar-refractivity contribution is 6.02. The Morgan fingerprint density at radius 2 is 1.52 bits per heavy atom. The molecule has 0 saturated heterocycles. The zero-order valence-electron chi connectivity index (χ0n) is 16.4. The summed E-state index contributed by atoms with van der Waals surface area (Å²) in [7, 11) is 3.15. The fourth-order valence-electron chi connectivity index (χ4n) is 2.76. The number of anilines is 1. The molecule has 0 aromatic heterocycles. The van der Waals surface area contributed by atoms with E-state index in [9.17, 15) is 4.79 Å². The molecule has 3 rings (SSSR count). The van der Waals surface area contributed by atoms with E-state index in [0.29, 0.717) is 29.4 Å². The third-order valence-electron chi connectivity index (χ3n) is 4.24. The Hall–Kier alpha value is -3.73. The average Bonchev–Trinajstić information content (AvgIpc) is 2.77. The van der Waals surface area contributed by atoms with Gasteiger partial charge in [0, 0.05) is 11.8 Å². The summed E-state index contributed by atoms with van der Waals surface area (Å²) in [6.07, 6.45) is 3.12. The van der Waals surface area contributed by atoms with E-state index in [2.05, 4.69) is 5.32 Å². The SMILES string of the molecule is COc1cccc(OC)c1/C=C/C(=O)Nc1ccc(OCc2ccccc2)cc1. The molecule has 5 nitrogen and oxygen atoms in total. The summed E-state index contributed by atoms with van der Waals surface area (Å²) in [5.41, 5.74) is 2.48. The molecule has 3 aromatic carbocycles. The number of nitrogens with one attached hydrogen (secondary N) is 1. The third-order valence-corrected chi connectivity index (χ3v) is 4.24. The molecule has 3 aromatic rings. The molecule has 1 amide bonds. The average molecular weight is 389 g/mol. The number of rotatable bonds is 8. The number of amides is 1. The highest BCUT2D eigenvalue weighted by Crippen LogP contribution is 2.29. The summed E-state index contributed by atoms with van der Waals surface area (Å²) >= 11 is 0. The molecule has 0 saturated carbocycles. The normalized spacial score (nSPS) is 10.6. The Morgan fingerprint density at radius 1 is 0.862 bits per heavy atom. The van der Waals surface area contributed by atoms with Crippen molar-refractivity contribution in [2.24, 2.45) is 0 Å². The van der Waals surface area contributed by atoms with Gasteiger partial charge in [-0.1, -0.05) is 36.4 Å². The second-order valence-corrected chi connectivity index (χ2v) is 6.20. The Balaban J connectivity index is 1.59. The lowest BCUT2D eigenvalue weighted by atomic mass is 10.1. The predicted molar refractivity (Wildman–Crippen MR) is 114 cm³/mol. The van der Waals surface area contributed by atoms with Crippen LogP contribution < -0.4 is 19.5 Å². The summed E-state index contributed by atoms with van der Waals surface area (Å²) in [5, 5.41) is 2.83. The summed E-state index contributed by atoms with van der Waals surface area (Å²) in [6, 6.07) is 22.7. The topological polar surface area (TPSA) is 56.8 Å².